The molecule has 2 rings (SSSR count). The minimum atomic E-state index is 0.592. The van der Waals surface area contributed by atoms with E-state index in [9.17, 15) is 0 Å². The first-order chi connectivity index (χ1) is 8.24. The molecule has 92 valence electrons. The molecule has 3 N–H and O–H groups in total. The summed E-state index contributed by atoms with van der Waals surface area (Å²) in [5.41, 5.74) is 6.55. The third-order valence-corrected chi connectivity index (χ3v) is 3.11. The second-order valence-corrected chi connectivity index (χ2v) is 4.46. The molecule has 0 fully saturated rings. The molecule has 0 saturated carbocycles. The summed E-state index contributed by atoms with van der Waals surface area (Å²) in [7, 11) is 0. The van der Waals surface area contributed by atoms with Gasteiger partial charge in [0.2, 0.25) is 5.95 Å². The number of anilines is 2. The molecule has 0 aromatic carbocycles. The zero-order valence-electron chi connectivity index (χ0n) is 9.97. The molecule has 0 aliphatic rings. The second kappa shape index (κ2) is 5.13. The van der Waals surface area contributed by atoms with Crippen LogP contribution in [0.2, 0.25) is 0 Å². The van der Waals surface area contributed by atoms with Crippen molar-refractivity contribution in [3.8, 4) is 0 Å². The third-order valence-electron chi connectivity index (χ3n) is 2.39. The molecule has 0 bridgehead atoms. The Bertz CT molecular complexity index is 489. The van der Waals surface area contributed by atoms with E-state index in [4.69, 9.17) is 5.73 Å². The predicted molar refractivity (Wildman–Crippen MR) is 69.2 cm³/mol. The standard InChI is InChI=1S/C10H16N6S/c1-3-12-10-15-14-8(16(10)4-2)5-7-6-17-9(11)13-7/h6H,3-5H2,1-2H3,(H2,11,13)(H,12,15). The number of nitrogens with zero attached hydrogens (tertiary/aromatic N) is 4. The Morgan fingerprint density at radius 1 is 1.41 bits per heavy atom. The van der Waals surface area contributed by atoms with Crippen LogP contribution in [-0.2, 0) is 13.0 Å². The molecule has 0 amide bonds. The van der Waals surface area contributed by atoms with E-state index >= 15 is 0 Å². The maximum atomic E-state index is 5.61. The van der Waals surface area contributed by atoms with Crippen LogP contribution in [0.4, 0.5) is 11.1 Å². The molecular formula is C10H16N6S. The second-order valence-electron chi connectivity index (χ2n) is 3.57. The van der Waals surface area contributed by atoms with Gasteiger partial charge in [-0.15, -0.1) is 21.5 Å². The average molecular weight is 252 g/mol. The van der Waals surface area contributed by atoms with Crippen molar-refractivity contribution < 1.29 is 0 Å². The monoisotopic (exact) mass is 252 g/mol. The summed E-state index contributed by atoms with van der Waals surface area (Å²) in [4.78, 5) is 4.23. The van der Waals surface area contributed by atoms with Crippen LogP contribution in [0.5, 0.6) is 0 Å². The summed E-state index contributed by atoms with van der Waals surface area (Å²) in [5.74, 6) is 1.72. The Labute approximate surface area is 104 Å². The van der Waals surface area contributed by atoms with Crippen molar-refractivity contribution in [3.05, 3.63) is 16.9 Å². The highest BCUT2D eigenvalue weighted by Crippen LogP contribution is 2.16. The van der Waals surface area contributed by atoms with Gasteiger partial charge in [-0.25, -0.2) is 4.98 Å². The largest absolute Gasteiger partial charge is 0.375 e. The highest BCUT2D eigenvalue weighted by Gasteiger charge is 2.11. The Morgan fingerprint density at radius 2 is 2.24 bits per heavy atom. The van der Waals surface area contributed by atoms with Crippen molar-refractivity contribution in [1.29, 1.82) is 0 Å². The first-order valence-electron chi connectivity index (χ1n) is 5.60. The highest BCUT2D eigenvalue weighted by molar-refractivity contribution is 7.13. The number of hydrogen-bond donors (Lipinski definition) is 2. The molecule has 0 saturated heterocycles. The van der Waals surface area contributed by atoms with Crippen LogP contribution in [-0.4, -0.2) is 26.3 Å². The SMILES string of the molecule is CCNc1nnc(Cc2csc(N)n2)n1CC. The number of aromatic nitrogens is 4. The smallest absolute Gasteiger partial charge is 0.224 e. The van der Waals surface area contributed by atoms with Crippen molar-refractivity contribution in [2.24, 2.45) is 0 Å². The van der Waals surface area contributed by atoms with Gasteiger partial charge in [-0.3, -0.25) is 4.57 Å². The summed E-state index contributed by atoms with van der Waals surface area (Å²) in [6.45, 7) is 5.78. The average Bonchev–Trinajstić information content (AvgIpc) is 2.87. The molecule has 0 unspecified atom stereocenters. The van der Waals surface area contributed by atoms with E-state index in [1.165, 1.54) is 11.3 Å². The fourth-order valence-electron chi connectivity index (χ4n) is 1.65. The lowest BCUT2D eigenvalue weighted by Crippen LogP contribution is -2.09. The van der Waals surface area contributed by atoms with Gasteiger partial charge in [0.05, 0.1) is 12.1 Å². The minimum Gasteiger partial charge on any atom is -0.375 e. The van der Waals surface area contributed by atoms with Crippen LogP contribution < -0.4 is 11.1 Å². The van der Waals surface area contributed by atoms with Crippen molar-refractivity contribution >= 4 is 22.4 Å². The predicted octanol–water partition coefficient (Wildman–Crippen LogP) is 1.36. The van der Waals surface area contributed by atoms with Gasteiger partial charge in [0, 0.05) is 18.5 Å². The fraction of sp³-hybridized carbons (Fsp3) is 0.500. The molecule has 0 atom stereocenters. The highest BCUT2D eigenvalue weighted by atomic mass is 32.1. The summed E-state index contributed by atoms with van der Waals surface area (Å²) >= 11 is 1.45. The van der Waals surface area contributed by atoms with E-state index in [2.05, 4.69) is 32.0 Å². The summed E-state index contributed by atoms with van der Waals surface area (Å²) in [6, 6.07) is 0. The van der Waals surface area contributed by atoms with Crippen LogP contribution in [0.3, 0.4) is 0 Å². The van der Waals surface area contributed by atoms with Gasteiger partial charge in [0.1, 0.15) is 5.82 Å². The van der Waals surface area contributed by atoms with Crippen molar-refractivity contribution in [2.45, 2.75) is 26.8 Å². The van der Waals surface area contributed by atoms with Gasteiger partial charge in [0.25, 0.3) is 0 Å². The molecule has 0 spiro atoms. The first-order valence-corrected chi connectivity index (χ1v) is 6.48. The fourth-order valence-corrected chi connectivity index (χ4v) is 2.22. The molecule has 17 heavy (non-hydrogen) atoms. The lowest BCUT2D eigenvalue weighted by atomic mass is 10.3. The first kappa shape index (κ1) is 11.8. The molecule has 0 aliphatic carbocycles. The van der Waals surface area contributed by atoms with Crippen molar-refractivity contribution in [2.75, 3.05) is 17.6 Å². The molecule has 0 aliphatic heterocycles. The maximum absolute atomic E-state index is 5.61. The lowest BCUT2D eigenvalue weighted by Gasteiger charge is -2.06. The summed E-state index contributed by atoms with van der Waals surface area (Å²) in [6.07, 6.45) is 0.667. The zero-order valence-corrected chi connectivity index (χ0v) is 10.8. The van der Waals surface area contributed by atoms with Crippen molar-refractivity contribution in [1.82, 2.24) is 19.7 Å². The third kappa shape index (κ3) is 2.55. The number of nitrogens with one attached hydrogen (secondary N) is 1. The van der Waals surface area contributed by atoms with Crippen molar-refractivity contribution in [3.63, 3.8) is 0 Å². The van der Waals surface area contributed by atoms with E-state index < -0.39 is 0 Å². The van der Waals surface area contributed by atoms with Gasteiger partial charge < -0.3 is 11.1 Å². The Morgan fingerprint density at radius 3 is 2.82 bits per heavy atom. The van der Waals surface area contributed by atoms with E-state index in [-0.39, 0.29) is 0 Å². The van der Waals surface area contributed by atoms with Gasteiger partial charge in [-0.1, -0.05) is 0 Å². The Hall–Kier alpha value is -1.63. The molecular weight excluding hydrogens is 236 g/mol. The summed E-state index contributed by atoms with van der Waals surface area (Å²) in [5, 5.41) is 14.0. The van der Waals surface area contributed by atoms with Gasteiger partial charge in [-0.05, 0) is 13.8 Å². The molecule has 6 nitrogen and oxygen atoms in total. The van der Waals surface area contributed by atoms with Crippen LogP contribution in [0.25, 0.3) is 0 Å². The van der Waals surface area contributed by atoms with Gasteiger partial charge in [-0.2, -0.15) is 0 Å². The molecule has 2 aromatic heterocycles. The van der Waals surface area contributed by atoms with Gasteiger partial charge in [0.15, 0.2) is 5.13 Å². The van der Waals surface area contributed by atoms with E-state index in [1.807, 2.05) is 12.3 Å². The Balaban J connectivity index is 2.20. The zero-order chi connectivity index (χ0) is 12.3. The molecule has 2 heterocycles. The lowest BCUT2D eigenvalue weighted by molar-refractivity contribution is 0.713. The van der Waals surface area contributed by atoms with Gasteiger partial charge >= 0.3 is 0 Å². The van der Waals surface area contributed by atoms with Crippen LogP contribution in [0.15, 0.2) is 5.38 Å². The molecule has 7 heteroatoms. The number of nitrogens with two attached hydrogens (primary N) is 1. The summed E-state index contributed by atoms with van der Waals surface area (Å²) < 4.78 is 2.05. The van der Waals surface area contributed by atoms with E-state index in [1.54, 1.807) is 0 Å². The molecule has 0 radical (unpaired) electrons. The van der Waals surface area contributed by atoms with E-state index in [0.717, 1.165) is 30.6 Å². The Kier molecular flexibility index (Phi) is 3.58. The number of hydrogen-bond acceptors (Lipinski definition) is 6. The van der Waals surface area contributed by atoms with Crippen LogP contribution >= 0.6 is 11.3 Å². The number of nitrogen functional groups attached to an aromatic ring is 1. The topological polar surface area (TPSA) is 81.7 Å². The minimum absolute atomic E-state index is 0.592. The maximum Gasteiger partial charge on any atom is 0.224 e. The molecule has 2 aromatic rings. The van der Waals surface area contributed by atoms with E-state index in [0.29, 0.717) is 11.6 Å². The number of rotatable bonds is 5. The normalized spacial score (nSPS) is 10.7. The number of thiazole rings is 1. The van der Waals surface area contributed by atoms with Crippen LogP contribution in [0.1, 0.15) is 25.4 Å². The van der Waals surface area contributed by atoms with Crippen LogP contribution in [0, 0.1) is 0 Å². The quantitative estimate of drug-likeness (QED) is 0.839.